The molecule has 1 rings (SSSR count). The first kappa shape index (κ1) is 9.06. The van der Waals surface area contributed by atoms with Gasteiger partial charge in [-0.25, -0.2) is 0 Å². The van der Waals surface area contributed by atoms with Crippen LogP contribution in [0.3, 0.4) is 0 Å². The van der Waals surface area contributed by atoms with Crippen molar-refractivity contribution in [3.63, 3.8) is 0 Å². The first-order valence-corrected chi connectivity index (χ1v) is 4.09. The number of aryl methyl sites for hydroxylation is 2. The summed E-state index contributed by atoms with van der Waals surface area (Å²) in [4.78, 5) is 0. The van der Waals surface area contributed by atoms with E-state index in [0.717, 1.165) is 18.1 Å². The average molecular weight is 168 g/mol. The normalized spacial score (nSPS) is 13.0. The molecule has 0 aliphatic heterocycles. The molecule has 0 saturated heterocycles. The predicted molar refractivity (Wildman–Crippen MR) is 50.1 cm³/mol. The van der Waals surface area contributed by atoms with Crippen LogP contribution >= 0.6 is 0 Å². The van der Waals surface area contributed by atoms with Gasteiger partial charge in [-0.2, -0.15) is 5.10 Å². The van der Waals surface area contributed by atoms with E-state index in [1.165, 1.54) is 0 Å². The lowest BCUT2D eigenvalue weighted by Crippen LogP contribution is -2.25. The summed E-state index contributed by atoms with van der Waals surface area (Å²) in [6.07, 6.45) is 0. The second kappa shape index (κ2) is 3.58. The maximum atomic E-state index is 5.60. The van der Waals surface area contributed by atoms with Gasteiger partial charge >= 0.3 is 0 Å². The molecule has 1 unspecified atom stereocenters. The van der Waals surface area contributed by atoms with Crippen LogP contribution in [-0.2, 0) is 7.05 Å². The molecule has 1 atom stereocenters. The van der Waals surface area contributed by atoms with E-state index in [4.69, 9.17) is 5.73 Å². The van der Waals surface area contributed by atoms with Gasteiger partial charge in [-0.3, -0.25) is 4.68 Å². The van der Waals surface area contributed by atoms with Gasteiger partial charge in [-0.05, 0) is 13.8 Å². The average Bonchev–Trinajstić information content (AvgIpc) is 2.26. The number of hydrogen-bond donors (Lipinski definition) is 2. The van der Waals surface area contributed by atoms with Crippen molar-refractivity contribution in [3.05, 3.63) is 11.8 Å². The summed E-state index contributed by atoms with van der Waals surface area (Å²) in [6.45, 7) is 4.71. The molecular weight excluding hydrogens is 152 g/mol. The minimum Gasteiger partial charge on any atom is -0.369 e. The Hall–Kier alpha value is -1.03. The highest BCUT2D eigenvalue weighted by Crippen LogP contribution is 2.06. The molecule has 0 aliphatic rings. The molecule has 0 saturated carbocycles. The highest BCUT2D eigenvalue weighted by molar-refractivity contribution is 5.36. The Balaban J connectivity index is 2.57. The van der Waals surface area contributed by atoms with Gasteiger partial charge in [-0.15, -0.1) is 0 Å². The van der Waals surface area contributed by atoms with Gasteiger partial charge in [0.05, 0.1) is 5.69 Å². The Labute approximate surface area is 72.8 Å². The topological polar surface area (TPSA) is 55.9 Å². The molecule has 0 aromatic carbocycles. The molecule has 0 aliphatic carbocycles. The summed E-state index contributed by atoms with van der Waals surface area (Å²) in [7, 11) is 1.91. The smallest absolute Gasteiger partial charge is 0.124 e. The third-order valence-electron chi connectivity index (χ3n) is 1.61. The fourth-order valence-corrected chi connectivity index (χ4v) is 1.04. The minimum atomic E-state index is 0.167. The summed E-state index contributed by atoms with van der Waals surface area (Å²) in [5, 5.41) is 7.41. The number of nitrogens with zero attached hydrogens (tertiary/aromatic N) is 2. The van der Waals surface area contributed by atoms with Crippen LogP contribution in [0.4, 0.5) is 5.82 Å². The standard InChI is InChI=1S/C8H16N4/c1-6(9)5-10-8-4-7(2)11-12(8)3/h4,6,10H,5,9H2,1-3H3. The summed E-state index contributed by atoms with van der Waals surface area (Å²) in [5.41, 5.74) is 6.62. The Morgan fingerprint density at radius 2 is 2.42 bits per heavy atom. The third-order valence-corrected chi connectivity index (χ3v) is 1.61. The number of nitrogens with two attached hydrogens (primary N) is 1. The second-order valence-electron chi connectivity index (χ2n) is 3.15. The van der Waals surface area contributed by atoms with E-state index in [9.17, 15) is 0 Å². The van der Waals surface area contributed by atoms with Gasteiger partial charge in [0.25, 0.3) is 0 Å². The summed E-state index contributed by atoms with van der Waals surface area (Å²) < 4.78 is 1.82. The van der Waals surface area contributed by atoms with Crippen molar-refractivity contribution in [3.8, 4) is 0 Å². The van der Waals surface area contributed by atoms with Crippen molar-refractivity contribution in [2.75, 3.05) is 11.9 Å². The summed E-state index contributed by atoms with van der Waals surface area (Å²) >= 11 is 0. The molecule has 0 radical (unpaired) electrons. The molecule has 0 spiro atoms. The lowest BCUT2D eigenvalue weighted by atomic mass is 10.3. The molecule has 1 aromatic rings. The second-order valence-corrected chi connectivity index (χ2v) is 3.15. The maximum absolute atomic E-state index is 5.60. The molecule has 0 bridgehead atoms. The number of anilines is 1. The quantitative estimate of drug-likeness (QED) is 0.690. The molecule has 0 fully saturated rings. The zero-order chi connectivity index (χ0) is 9.14. The van der Waals surface area contributed by atoms with Crippen molar-refractivity contribution < 1.29 is 0 Å². The van der Waals surface area contributed by atoms with Crippen LogP contribution in [0, 0.1) is 6.92 Å². The van der Waals surface area contributed by atoms with Crippen LogP contribution in [0.15, 0.2) is 6.07 Å². The van der Waals surface area contributed by atoms with Crippen molar-refractivity contribution >= 4 is 5.82 Å². The largest absolute Gasteiger partial charge is 0.369 e. The van der Waals surface area contributed by atoms with Gasteiger partial charge in [0.2, 0.25) is 0 Å². The maximum Gasteiger partial charge on any atom is 0.124 e. The summed E-state index contributed by atoms with van der Waals surface area (Å²) in [5.74, 6) is 1.02. The number of hydrogen-bond acceptors (Lipinski definition) is 3. The minimum absolute atomic E-state index is 0.167. The Morgan fingerprint density at radius 1 is 1.75 bits per heavy atom. The van der Waals surface area contributed by atoms with E-state index in [-0.39, 0.29) is 6.04 Å². The van der Waals surface area contributed by atoms with E-state index in [0.29, 0.717) is 0 Å². The number of rotatable bonds is 3. The fourth-order valence-electron chi connectivity index (χ4n) is 1.04. The van der Waals surface area contributed by atoms with Crippen LogP contribution in [0.2, 0.25) is 0 Å². The first-order chi connectivity index (χ1) is 5.59. The number of nitrogens with one attached hydrogen (secondary N) is 1. The molecule has 1 aromatic heterocycles. The van der Waals surface area contributed by atoms with E-state index in [1.807, 2.05) is 31.6 Å². The molecule has 68 valence electrons. The molecule has 4 heteroatoms. The van der Waals surface area contributed by atoms with Crippen LogP contribution in [0.5, 0.6) is 0 Å². The highest BCUT2D eigenvalue weighted by atomic mass is 15.3. The van der Waals surface area contributed by atoms with Gasteiger partial charge in [0.15, 0.2) is 0 Å². The highest BCUT2D eigenvalue weighted by Gasteiger charge is 2.00. The SMILES string of the molecule is Cc1cc(NCC(C)N)n(C)n1. The van der Waals surface area contributed by atoms with Crippen LogP contribution in [-0.4, -0.2) is 22.4 Å². The van der Waals surface area contributed by atoms with Gasteiger partial charge in [0, 0.05) is 25.7 Å². The van der Waals surface area contributed by atoms with Gasteiger partial charge in [0.1, 0.15) is 5.82 Å². The lowest BCUT2D eigenvalue weighted by molar-refractivity contribution is 0.734. The Kier molecular flexibility index (Phi) is 2.70. The zero-order valence-electron chi connectivity index (χ0n) is 7.83. The van der Waals surface area contributed by atoms with E-state index >= 15 is 0 Å². The molecule has 0 amide bonds. The molecule has 4 nitrogen and oxygen atoms in total. The zero-order valence-corrected chi connectivity index (χ0v) is 7.83. The Morgan fingerprint density at radius 3 is 2.83 bits per heavy atom. The summed E-state index contributed by atoms with van der Waals surface area (Å²) in [6, 6.07) is 2.17. The predicted octanol–water partition coefficient (Wildman–Crippen LogP) is 0.488. The van der Waals surface area contributed by atoms with E-state index in [2.05, 4.69) is 10.4 Å². The van der Waals surface area contributed by atoms with Crippen LogP contribution < -0.4 is 11.1 Å². The molecule has 12 heavy (non-hydrogen) atoms. The van der Waals surface area contributed by atoms with Crippen molar-refractivity contribution in [2.45, 2.75) is 19.9 Å². The lowest BCUT2D eigenvalue weighted by Gasteiger charge is -2.07. The number of aromatic nitrogens is 2. The molecule has 3 N–H and O–H groups in total. The fraction of sp³-hybridized carbons (Fsp3) is 0.625. The van der Waals surface area contributed by atoms with Crippen molar-refractivity contribution in [1.29, 1.82) is 0 Å². The van der Waals surface area contributed by atoms with E-state index in [1.54, 1.807) is 0 Å². The molecule has 1 heterocycles. The van der Waals surface area contributed by atoms with Crippen molar-refractivity contribution in [2.24, 2.45) is 12.8 Å². The Bertz CT molecular complexity index is 252. The van der Waals surface area contributed by atoms with Gasteiger partial charge in [-0.1, -0.05) is 0 Å². The monoisotopic (exact) mass is 168 g/mol. The third kappa shape index (κ3) is 2.23. The van der Waals surface area contributed by atoms with Crippen LogP contribution in [0.1, 0.15) is 12.6 Å². The molecular formula is C8H16N4. The van der Waals surface area contributed by atoms with Crippen LogP contribution in [0.25, 0.3) is 0 Å². The van der Waals surface area contributed by atoms with Gasteiger partial charge < -0.3 is 11.1 Å². The first-order valence-electron chi connectivity index (χ1n) is 4.09. The van der Waals surface area contributed by atoms with Crippen molar-refractivity contribution in [1.82, 2.24) is 9.78 Å². The van der Waals surface area contributed by atoms with E-state index < -0.39 is 0 Å².